The van der Waals surface area contributed by atoms with E-state index in [0.717, 1.165) is 11.1 Å². The predicted octanol–water partition coefficient (Wildman–Crippen LogP) is 5.94. The average Bonchev–Trinajstić information content (AvgIpc) is 3.12. The van der Waals surface area contributed by atoms with Crippen LogP contribution in [0.3, 0.4) is 0 Å². The van der Waals surface area contributed by atoms with Crippen LogP contribution in [-0.2, 0) is 16.1 Å². The van der Waals surface area contributed by atoms with Gasteiger partial charge in [0.1, 0.15) is 12.4 Å². The van der Waals surface area contributed by atoms with Gasteiger partial charge in [-0.3, -0.25) is 9.69 Å². The molecule has 0 unspecified atom stereocenters. The molecule has 34 heavy (non-hydrogen) atoms. The molecular weight excluding hydrogens is 472 g/mol. The standard InChI is InChI=1S/C26H21ClN2O4S/c1-29-24(30)23(34-26(29)28-20-11-9-18(10-12-20)25(31)32-2)15-17-7-13-21(14-8-17)33-16-19-5-3-4-6-22(19)27/h3-15H,16H2,1-2H3/b23-15-,28-26?. The van der Waals surface area contributed by atoms with Crippen molar-refractivity contribution in [2.24, 2.45) is 4.99 Å². The molecule has 0 saturated carbocycles. The van der Waals surface area contributed by atoms with Gasteiger partial charge in [-0.05, 0) is 65.9 Å². The predicted molar refractivity (Wildman–Crippen MR) is 135 cm³/mol. The first-order chi connectivity index (χ1) is 16.4. The monoisotopic (exact) mass is 492 g/mol. The lowest BCUT2D eigenvalue weighted by Gasteiger charge is -2.08. The van der Waals surface area contributed by atoms with Crippen LogP contribution in [0.4, 0.5) is 5.69 Å². The third-order valence-electron chi connectivity index (χ3n) is 5.05. The Morgan fingerprint density at radius 2 is 1.76 bits per heavy atom. The molecule has 0 radical (unpaired) electrons. The minimum Gasteiger partial charge on any atom is -0.489 e. The number of carbonyl (C=O) groups is 2. The van der Waals surface area contributed by atoms with Gasteiger partial charge in [-0.15, -0.1) is 0 Å². The van der Waals surface area contributed by atoms with Gasteiger partial charge < -0.3 is 9.47 Å². The average molecular weight is 493 g/mol. The molecule has 0 N–H and O–H groups in total. The summed E-state index contributed by atoms with van der Waals surface area (Å²) in [5.41, 5.74) is 2.86. The van der Waals surface area contributed by atoms with E-state index >= 15 is 0 Å². The van der Waals surface area contributed by atoms with Crippen molar-refractivity contribution in [2.75, 3.05) is 14.2 Å². The van der Waals surface area contributed by atoms with Crippen LogP contribution in [0.25, 0.3) is 6.08 Å². The van der Waals surface area contributed by atoms with Crippen LogP contribution in [0.2, 0.25) is 5.02 Å². The Hall–Kier alpha value is -3.55. The Balaban J connectivity index is 1.44. The third-order valence-corrected chi connectivity index (χ3v) is 6.48. The second-order valence-corrected chi connectivity index (χ2v) is 8.77. The highest BCUT2D eigenvalue weighted by Crippen LogP contribution is 2.33. The minimum atomic E-state index is -0.410. The molecule has 0 atom stereocenters. The zero-order valence-electron chi connectivity index (χ0n) is 18.5. The third kappa shape index (κ3) is 5.50. The van der Waals surface area contributed by atoms with E-state index in [2.05, 4.69) is 4.99 Å². The number of methoxy groups -OCH3 is 1. The molecular formula is C26H21ClN2O4S. The van der Waals surface area contributed by atoms with Crippen LogP contribution < -0.4 is 4.74 Å². The van der Waals surface area contributed by atoms with Crippen molar-refractivity contribution < 1.29 is 19.1 Å². The number of amides is 1. The highest BCUT2D eigenvalue weighted by molar-refractivity contribution is 8.18. The maximum Gasteiger partial charge on any atom is 0.337 e. The molecule has 172 valence electrons. The molecule has 8 heteroatoms. The molecule has 0 aromatic heterocycles. The van der Waals surface area contributed by atoms with Gasteiger partial charge in [0.2, 0.25) is 0 Å². The van der Waals surface area contributed by atoms with Crippen molar-refractivity contribution in [3.05, 3.63) is 99.4 Å². The van der Waals surface area contributed by atoms with Gasteiger partial charge in [-0.2, -0.15) is 0 Å². The van der Waals surface area contributed by atoms with Crippen LogP contribution in [-0.4, -0.2) is 36.1 Å². The zero-order valence-corrected chi connectivity index (χ0v) is 20.1. The topological polar surface area (TPSA) is 68.2 Å². The quantitative estimate of drug-likeness (QED) is 0.314. The summed E-state index contributed by atoms with van der Waals surface area (Å²) in [4.78, 5) is 30.9. The van der Waals surface area contributed by atoms with E-state index in [-0.39, 0.29) is 5.91 Å². The number of ether oxygens (including phenoxy) is 2. The van der Waals surface area contributed by atoms with Gasteiger partial charge in [-0.25, -0.2) is 9.79 Å². The second-order valence-electron chi connectivity index (χ2n) is 7.36. The largest absolute Gasteiger partial charge is 0.489 e. The van der Waals surface area contributed by atoms with Gasteiger partial charge in [0.25, 0.3) is 5.91 Å². The molecule has 1 amide bonds. The lowest BCUT2D eigenvalue weighted by atomic mass is 10.2. The lowest BCUT2D eigenvalue weighted by Crippen LogP contribution is -2.23. The summed E-state index contributed by atoms with van der Waals surface area (Å²) in [7, 11) is 3.02. The fourth-order valence-corrected chi connectivity index (χ4v) is 4.32. The number of aliphatic imine (C=N–C) groups is 1. The van der Waals surface area contributed by atoms with E-state index < -0.39 is 5.97 Å². The molecule has 1 saturated heterocycles. The molecule has 3 aromatic rings. The first-order valence-electron chi connectivity index (χ1n) is 10.4. The molecule has 1 fully saturated rings. The maximum atomic E-state index is 12.7. The van der Waals surface area contributed by atoms with E-state index in [4.69, 9.17) is 21.1 Å². The molecule has 1 aliphatic heterocycles. The van der Waals surface area contributed by atoms with E-state index in [1.807, 2.05) is 54.6 Å². The fourth-order valence-electron chi connectivity index (χ4n) is 3.14. The number of hydrogen-bond donors (Lipinski definition) is 0. The summed E-state index contributed by atoms with van der Waals surface area (Å²) in [5.74, 6) is 0.170. The van der Waals surface area contributed by atoms with Gasteiger partial charge in [-0.1, -0.05) is 41.9 Å². The summed E-state index contributed by atoms with van der Waals surface area (Å²) < 4.78 is 10.5. The Bertz CT molecular complexity index is 1270. The number of likely N-dealkylation sites (N-methyl/N-ethyl adjacent to an activating group) is 1. The Morgan fingerprint density at radius 3 is 2.44 bits per heavy atom. The second kappa shape index (κ2) is 10.6. The highest BCUT2D eigenvalue weighted by atomic mass is 35.5. The number of benzene rings is 3. The number of hydrogen-bond acceptors (Lipinski definition) is 6. The van der Waals surface area contributed by atoms with Gasteiger partial charge in [0.05, 0.1) is 23.3 Å². The number of thioether (sulfide) groups is 1. The van der Waals surface area contributed by atoms with Crippen molar-refractivity contribution in [1.82, 2.24) is 4.90 Å². The normalized spacial score (nSPS) is 15.7. The SMILES string of the molecule is COC(=O)c1ccc(N=C2S/C(=C\c3ccc(OCc4ccccc4Cl)cc3)C(=O)N2C)cc1. The summed E-state index contributed by atoms with van der Waals surface area (Å²) in [6, 6.07) is 21.7. The van der Waals surface area contributed by atoms with E-state index in [1.165, 1.54) is 23.8 Å². The van der Waals surface area contributed by atoms with E-state index in [0.29, 0.717) is 38.7 Å². The first-order valence-corrected chi connectivity index (χ1v) is 11.5. The number of rotatable bonds is 6. The molecule has 3 aromatic carbocycles. The van der Waals surface area contributed by atoms with E-state index in [1.54, 1.807) is 31.3 Å². The summed E-state index contributed by atoms with van der Waals surface area (Å²) in [5, 5.41) is 1.23. The summed E-state index contributed by atoms with van der Waals surface area (Å²) in [6.45, 7) is 0.375. The molecule has 0 bridgehead atoms. The maximum absolute atomic E-state index is 12.7. The Labute approximate surface area is 206 Å². The first kappa shape index (κ1) is 23.6. The summed E-state index contributed by atoms with van der Waals surface area (Å²) in [6.07, 6.45) is 1.82. The van der Waals surface area contributed by atoms with Gasteiger partial charge in [0, 0.05) is 17.6 Å². The Kier molecular flexibility index (Phi) is 7.35. The van der Waals surface area contributed by atoms with Gasteiger partial charge in [0.15, 0.2) is 5.17 Å². The number of esters is 1. The molecule has 1 aliphatic rings. The van der Waals surface area contributed by atoms with Crippen LogP contribution in [0.5, 0.6) is 5.75 Å². The fraction of sp³-hybridized carbons (Fsp3) is 0.115. The lowest BCUT2D eigenvalue weighted by molar-refractivity contribution is -0.121. The van der Waals surface area contributed by atoms with Crippen molar-refractivity contribution in [3.63, 3.8) is 0 Å². The van der Waals surface area contributed by atoms with Crippen LogP contribution in [0, 0.1) is 0 Å². The summed E-state index contributed by atoms with van der Waals surface area (Å²) >= 11 is 7.47. The number of nitrogens with zero attached hydrogens (tertiary/aromatic N) is 2. The van der Waals surface area contributed by atoms with Crippen molar-refractivity contribution in [2.45, 2.75) is 6.61 Å². The van der Waals surface area contributed by atoms with Crippen molar-refractivity contribution in [1.29, 1.82) is 0 Å². The van der Waals surface area contributed by atoms with Crippen LogP contribution >= 0.6 is 23.4 Å². The molecule has 1 heterocycles. The van der Waals surface area contributed by atoms with Crippen LogP contribution in [0.1, 0.15) is 21.5 Å². The molecule has 6 nitrogen and oxygen atoms in total. The molecule has 0 spiro atoms. The number of amidine groups is 1. The number of halogens is 1. The highest BCUT2D eigenvalue weighted by Gasteiger charge is 2.30. The van der Waals surface area contributed by atoms with Crippen molar-refractivity contribution in [3.8, 4) is 5.75 Å². The number of carbonyl (C=O) groups excluding carboxylic acids is 2. The van der Waals surface area contributed by atoms with Crippen molar-refractivity contribution >= 4 is 52.2 Å². The zero-order chi connectivity index (χ0) is 24.1. The van der Waals surface area contributed by atoms with Gasteiger partial charge >= 0.3 is 5.97 Å². The molecule has 0 aliphatic carbocycles. The molecule has 4 rings (SSSR count). The van der Waals surface area contributed by atoms with E-state index in [9.17, 15) is 9.59 Å². The smallest absolute Gasteiger partial charge is 0.337 e. The van der Waals surface area contributed by atoms with Crippen LogP contribution in [0.15, 0.2) is 82.7 Å². The Morgan fingerprint density at radius 1 is 1.06 bits per heavy atom. The minimum absolute atomic E-state index is 0.131.